The highest BCUT2D eigenvalue weighted by molar-refractivity contribution is 6.35. The normalized spacial score (nSPS) is 15.4. The van der Waals surface area contributed by atoms with E-state index in [0.29, 0.717) is 27.3 Å². The Kier molecular flexibility index (Phi) is 10.0. The molecule has 0 heterocycles. The maximum absolute atomic E-state index is 13.5. The molecule has 0 spiro atoms. The van der Waals surface area contributed by atoms with Gasteiger partial charge in [-0.3, -0.25) is 9.69 Å². The first kappa shape index (κ1) is 30.1. The smallest absolute Gasteiger partial charge is 0.334 e. The van der Waals surface area contributed by atoms with Crippen molar-refractivity contribution in [3.8, 4) is 0 Å². The molecule has 0 fully saturated rings. The summed E-state index contributed by atoms with van der Waals surface area (Å²) in [6.45, 7) is 2.01. The number of carboxylic acid groups (broad SMARTS) is 1. The molecular weight excluding hydrogens is 565 g/mol. The van der Waals surface area contributed by atoms with Gasteiger partial charge < -0.3 is 20.8 Å². The van der Waals surface area contributed by atoms with Gasteiger partial charge in [0, 0.05) is 27.0 Å². The topological polar surface area (TPSA) is 119 Å². The van der Waals surface area contributed by atoms with Crippen molar-refractivity contribution in [2.24, 2.45) is 5.92 Å². The number of allylic oxidation sites excluding steroid dienone is 2. The number of nitrogens with zero attached hydrogens (tertiary/aromatic N) is 1. The monoisotopic (exact) mass is 595 g/mol. The predicted octanol–water partition coefficient (Wildman–Crippen LogP) is 6.61. The van der Waals surface area contributed by atoms with Crippen molar-refractivity contribution in [2.75, 3.05) is 16.8 Å². The summed E-state index contributed by atoms with van der Waals surface area (Å²) in [7, 11) is 0. The van der Waals surface area contributed by atoms with Crippen LogP contribution in [0, 0.1) is 5.92 Å². The van der Waals surface area contributed by atoms with E-state index >= 15 is 0 Å². The van der Waals surface area contributed by atoms with Crippen LogP contribution >= 0.6 is 23.2 Å². The summed E-state index contributed by atoms with van der Waals surface area (Å²) in [5.41, 5.74) is 4.61. The summed E-state index contributed by atoms with van der Waals surface area (Å²) in [4.78, 5) is 38.3. The third kappa shape index (κ3) is 8.10. The Balaban J connectivity index is 1.55. The van der Waals surface area contributed by atoms with Crippen LogP contribution in [0.15, 0.2) is 72.8 Å². The molecule has 0 bridgehead atoms. The summed E-state index contributed by atoms with van der Waals surface area (Å²) in [5.74, 6) is -1.46. The number of carbonyl (C=O) groups excluding carboxylic acids is 2. The molecule has 3 aromatic rings. The van der Waals surface area contributed by atoms with Gasteiger partial charge in [0.15, 0.2) is 6.10 Å². The maximum atomic E-state index is 13.5. The van der Waals surface area contributed by atoms with Crippen molar-refractivity contribution in [3.05, 3.63) is 99.5 Å². The molecule has 8 nitrogen and oxygen atoms in total. The molecule has 1 aliphatic rings. The number of aliphatic hydroxyl groups excluding tert-OH is 1. The Bertz CT molecular complexity index is 1420. The molecule has 214 valence electrons. The van der Waals surface area contributed by atoms with Crippen LogP contribution in [0.2, 0.25) is 10.0 Å². The molecule has 41 heavy (non-hydrogen) atoms. The number of benzene rings is 3. The third-order valence-corrected chi connectivity index (χ3v) is 7.34. The van der Waals surface area contributed by atoms with Crippen molar-refractivity contribution >= 4 is 58.1 Å². The second-order valence-corrected chi connectivity index (χ2v) is 10.8. The van der Waals surface area contributed by atoms with Gasteiger partial charge in [0.1, 0.15) is 0 Å². The van der Waals surface area contributed by atoms with E-state index in [0.717, 1.165) is 24.0 Å². The van der Waals surface area contributed by atoms with Gasteiger partial charge >= 0.3 is 12.0 Å². The molecule has 0 aliphatic heterocycles. The fourth-order valence-corrected chi connectivity index (χ4v) is 5.22. The van der Waals surface area contributed by atoms with Crippen LogP contribution in [-0.2, 0) is 11.3 Å². The molecule has 1 aliphatic carbocycles. The number of amides is 3. The van der Waals surface area contributed by atoms with Crippen molar-refractivity contribution in [1.29, 1.82) is 0 Å². The quantitative estimate of drug-likeness (QED) is 0.222. The predicted molar refractivity (Wildman–Crippen MR) is 162 cm³/mol. The highest BCUT2D eigenvalue weighted by atomic mass is 35.5. The molecule has 4 rings (SSSR count). The molecule has 0 saturated heterocycles. The number of anilines is 2. The minimum absolute atomic E-state index is 0.193. The largest absolute Gasteiger partial charge is 0.479 e. The van der Waals surface area contributed by atoms with Crippen LogP contribution in [0.25, 0.3) is 5.57 Å². The van der Waals surface area contributed by atoms with E-state index in [9.17, 15) is 19.5 Å². The van der Waals surface area contributed by atoms with Crippen LogP contribution in [-0.4, -0.2) is 40.8 Å². The highest BCUT2D eigenvalue weighted by Crippen LogP contribution is 2.33. The van der Waals surface area contributed by atoms with Gasteiger partial charge in [-0.05, 0) is 84.3 Å². The number of hydrogen-bond acceptors (Lipinski definition) is 4. The van der Waals surface area contributed by atoms with Crippen molar-refractivity contribution in [1.82, 2.24) is 5.32 Å². The molecule has 2 atom stereocenters. The lowest BCUT2D eigenvalue weighted by Gasteiger charge is -2.25. The second-order valence-electron chi connectivity index (χ2n) is 9.97. The number of hydrogen-bond donors (Lipinski definition) is 4. The number of urea groups is 1. The zero-order valence-electron chi connectivity index (χ0n) is 22.4. The van der Waals surface area contributed by atoms with Gasteiger partial charge in [-0.25, -0.2) is 9.59 Å². The van der Waals surface area contributed by atoms with E-state index in [1.165, 1.54) is 12.0 Å². The van der Waals surface area contributed by atoms with E-state index < -0.39 is 30.6 Å². The van der Waals surface area contributed by atoms with Gasteiger partial charge in [0.2, 0.25) is 0 Å². The first-order valence-corrected chi connectivity index (χ1v) is 14.0. The van der Waals surface area contributed by atoms with Gasteiger partial charge in [-0.15, -0.1) is 0 Å². The second kappa shape index (κ2) is 13.7. The highest BCUT2D eigenvalue weighted by Gasteiger charge is 2.20. The van der Waals surface area contributed by atoms with Crippen LogP contribution in [0.5, 0.6) is 0 Å². The Morgan fingerprint density at radius 3 is 2.27 bits per heavy atom. The third-order valence-electron chi connectivity index (χ3n) is 6.91. The first-order valence-electron chi connectivity index (χ1n) is 13.2. The Labute approximate surface area is 248 Å². The molecule has 3 aromatic carbocycles. The number of halogens is 2. The Morgan fingerprint density at radius 1 is 1.00 bits per heavy atom. The van der Waals surface area contributed by atoms with E-state index in [1.807, 2.05) is 24.3 Å². The van der Waals surface area contributed by atoms with Crippen LogP contribution in [0.1, 0.15) is 47.7 Å². The fourth-order valence-electron chi connectivity index (χ4n) is 4.69. The summed E-state index contributed by atoms with van der Waals surface area (Å²) in [6, 6.07) is 18.9. The molecular formula is C31H31Cl2N3O5. The van der Waals surface area contributed by atoms with Gasteiger partial charge in [0.25, 0.3) is 5.91 Å². The first-order chi connectivity index (χ1) is 19.6. The average Bonchev–Trinajstić information content (AvgIpc) is 2.94. The molecule has 1 unspecified atom stereocenters. The van der Waals surface area contributed by atoms with Crippen LogP contribution in [0.3, 0.4) is 0 Å². The van der Waals surface area contributed by atoms with Crippen molar-refractivity contribution in [3.63, 3.8) is 0 Å². The van der Waals surface area contributed by atoms with E-state index in [-0.39, 0.29) is 12.1 Å². The summed E-state index contributed by atoms with van der Waals surface area (Å²) >= 11 is 12.3. The summed E-state index contributed by atoms with van der Waals surface area (Å²) in [5, 5.41) is 24.2. The maximum Gasteiger partial charge on any atom is 0.334 e. The lowest BCUT2D eigenvalue weighted by molar-refractivity contribution is -0.146. The summed E-state index contributed by atoms with van der Waals surface area (Å²) < 4.78 is 0. The summed E-state index contributed by atoms with van der Waals surface area (Å²) in [6.07, 6.45) is 4.00. The zero-order valence-corrected chi connectivity index (χ0v) is 24.0. The van der Waals surface area contributed by atoms with Crippen LogP contribution < -0.4 is 15.5 Å². The number of aliphatic carboxylic acids is 1. The lowest BCUT2D eigenvalue weighted by Crippen LogP contribution is -2.36. The SMILES string of the molecule is CC1CCCC=C1c1ccc(N(Cc2ccc(C(=O)NC[C@H](O)C(=O)O)cc2)C(=O)Nc2cc(Cl)cc(Cl)c2)cc1. The van der Waals surface area contributed by atoms with E-state index in [1.54, 1.807) is 47.4 Å². The van der Waals surface area contributed by atoms with E-state index in [4.69, 9.17) is 28.3 Å². The standard InChI is InChI=1S/C31H31Cl2N3O5/c1-19-4-2-3-5-27(19)21-10-12-26(13-11-21)36(31(41)35-25-15-23(32)14-24(33)16-25)18-20-6-8-22(9-7-20)29(38)34-17-28(37)30(39)40/h5-16,19,28,37H,2-4,17-18H2,1H3,(H,34,38)(H,35,41)(H,39,40)/t19?,28-/m0/s1. The Hall–Kier alpha value is -3.85. The fraction of sp³-hybridized carbons (Fsp3) is 0.258. The molecule has 0 radical (unpaired) electrons. The number of nitrogens with one attached hydrogen (secondary N) is 2. The molecule has 4 N–H and O–H groups in total. The number of carbonyl (C=O) groups is 3. The molecule has 0 aromatic heterocycles. The molecule has 10 heteroatoms. The number of rotatable bonds is 9. The Morgan fingerprint density at radius 2 is 1.66 bits per heavy atom. The molecule has 3 amide bonds. The minimum atomic E-state index is -1.69. The lowest BCUT2D eigenvalue weighted by atomic mass is 9.85. The average molecular weight is 597 g/mol. The van der Waals surface area contributed by atoms with E-state index in [2.05, 4.69) is 23.6 Å². The van der Waals surface area contributed by atoms with Gasteiger partial charge in [0.05, 0.1) is 13.1 Å². The number of carboxylic acids is 1. The van der Waals surface area contributed by atoms with Crippen LogP contribution in [0.4, 0.5) is 16.2 Å². The van der Waals surface area contributed by atoms with Crippen molar-refractivity contribution < 1.29 is 24.6 Å². The van der Waals surface area contributed by atoms with Gasteiger partial charge in [-0.1, -0.05) is 60.5 Å². The zero-order chi connectivity index (χ0) is 29.5. The minimum Gasteiger partial charge on any atom is -0.479 e. The van der Waals surface area contributed by atoms with Crippen molar-refractivity contribution in [2.45, 2.75) is 38.8 Å². The number of aliphatic hydroxyl groups is 1. The van der Waals surface area contributed by atoms with Gasteiger partial charge in [-0.2, -0.15) is 0 Å². The molecule has 0 saturated carbocycles.